The summed E-state index contributed by atoms with van der Waals surface area (Å²) in [6.45, 7) is 0. The lowest BCUT2D eigenvalue weighted by atomic mass is 10.0. The van der Waals surface area contributed by atoms with Crippen molar-refractivity contribution in [2.75, 3.05) is 0 Å². The van der Waals surface area contributed by atoms with E-state index in [2.05, 4.69) is 33.4 Å². The van der Waals surface area contributed by atoms with Gasteiger partial charge in [0, 0.05) is 15.6 Å². The zero-order valence-corrected chi connectivity index (χ0v) is 12.6. The predicted molar refractivity (Wildman–Crippen MR) is 84.6 cm³/mol. The molecule has 1 heterocycles. The lowest BCUT2D eigenvalue weighted by Gasteiger charge is -2.13. The second kappa shape index (κ2) is 5.45. The number of aliphatic hydroxyl groups is 1. The van der Waals surface area contributed by atoms with E-state index in [1.54, 1.807) is 11.3 Å². The summed E-state index contributed by atoms with van der Waals surface area (Å²) in [7, 11) is 0. The molecule has 96 valence electrons. The smallest absolute Gasteiger partial charge is 0.0844 e. The van der Waals surface area contributed by atoms with Crippen LogP contribution in [0, 0.1) is 0 Å². The molecule has 1 unspecified atom stereocenters. The summed E-state index contributed by atoms with van der Waals surface area (Å²) in [6, 6.07) is 16.2. The van der Waals surface area contributed by atoms with E-state index < -0.39 is 6.10 Å². The highest BCUT2D eigenvalue weighted by Gasteiger charge is 2.13. The highest BCUT2D eigenvalue weighted by Crippen LogP contribution is 2.31. The van der Waals surface area contributed by atoms with Gasteiger partial charge >= 0.3 is 0 Å². The van der Waals surface area contributed by atoms with Gasteiger partial charge in [0.15, 0.2) is 0 Å². The molecule has 0 saturated heterocycles. The molecule has 0 aliphatic carbocycles. The van der Waals surface area contributed by atoms with Gasteiger partial charge in [0.25, 0.3) is 0 Å². The number of fused-ring (bicyclic) bond motifs is 1. The minimum absolute atomic E-state index is 0.471. The highest BCUT2D eigenvalue weighted by molar-refractivity contribution is 9.10. The fourth-order valence-corrected chi connectivity index (χ4v) is 3.67. The Morgan fingerprint density at radius 3 is 2.74 bits per heavy atom. The Bertz CT molecular complexity index is 705. The molecule has 0 aliphatic heterocycles. The summed E-state index contributed by atoms with van der Waals surface area (Å²) in [6.07, 6.45) is 0.152. The number of hydrogen-bond acceptors (Lipinski definition) is 2. The fraction of sp³-hybridized carbons (Fsp3) is 0.125. The zero-order chi connectivity index (χ0) is 13.2. The molecule has 0 aliphatic rings. The highest BCUT2D eigenvalue weighted by atomic mass is 79.9. The SMILES string of the molecule is OC(Cc1ccccc1Br)c1cccc2ccsc12. The van der Waals surface area contributed by atoms with Crippen LogP contribution in [-0.4, -0.2) is 5.11 Å². The number of halogens is 1. The Kier molecular flexibility index (Phi) is 3.69. The van der Waals surface area contributed by atoms with Crippen LogP contribution in [0.3, 0.4) is 0 Å². The first-order chi connectivity index (χ1) is 9.25. The van der Waals surface area contributed by atoms with Crippen molar-refractivity contribution in [1.29, 1.82) is 0 Å². The van der Waals surface area contributed by atoms with Gasteiger partial charge in [-0.2, -0.15) is 0 Å². The maximum absolute atomic E-state index is 10.5. The largest absolute Gasteiger partial charge is 0.388 e. The van der Waals surface area contributed by atoms with E-state index in [1.165, 1.54) is 10.1 Å². The average molecular weight is 333 g/mol. The molecule has 0 fully saturated rings. The van der Waals surface area contributed by atoms with E-state index in [-0.39, 0.29) is 0 Å². The first-order valence-corrected chi connectivity index (χ1v) is 7.80. The van der Waals surface area contributed by atoms with E-state index in [0.717, 1.165) is 15.6 Å². The van der Waals surface area contributed by atoms with Crippen molar-refractivity contribution in [3.8, 4) is 0 Å². The summed E-state index contributed by atoms with van der Waals surface area (Å²) >= 11 is 5.22. The predicted octanol–water partition coefficient (Wildman–Crippen LogP) is 4.94. The van der Waals surface area contributed by atoms with Gasteiger partial charge in [-0.15, -0.1) is 11.3 Å². The number of hydrogen-bond donors (Lipinski definition) is 1. The molecule has 3 heteroatoms. The quantitative estimate of drug-likeness (QED) is 0.720. The van der Waals surface area contributed by atoms with E-state index in [4.69, 9.17) is 0 Å². The molecule has 0 radical (unpaired) electrons. The molecule has 0 spiro atoms. The molecule has 19 heavy (non-hydrogen) atoms. The van der Waals surface area contributed by atoms with Crippen LogP contribution in [0.1, 0.15) is 17.2 Å². The van der Waals surface area contributed by atoms with Crippen molar-refractivity contribution in [3.05, 3.63) is 69.5 Å². The van der Waals surface area contributed by atoms with Gasteiger partial charge in [-0.3, -0.25) is 0 Å². The van der Waals surface area contributed by atoms with Crippen LogP contribution in [0.25, 0.3) is 10.1 Å². The van der Waals surface area contributed by atoms with Crippen molar-refractivity contribution in [3.63, 3.8) is 0 Å². The first-order valence-electron chi connectivity index (χ1n) is 6.13. The molecular formula is C16H13BrOS. The van der Waals surface area contributed by atoms with Crippen molar-refractivity contribution in [2.45, 2.75) is 12.5 Å². The maximum Gasteiger partial charge on any atom is 0.0844 e. The van der Waals surface area contributed by atoms with Crippen LogP contribution < -0.4 is 0 Å². The Labute approximate surface area is 124 Å². The van der Waals surface area contributed by atoms with E-state index in [0.29, 0.717) is 6.42 Å². The third-order valence-electron chi connectivity index (χ3n) is 3.24. The molecule has 2 aromatic carbocycles. The van der Waals surface area contributed by atoms with Crippen molar-refractivity contribution in [2.24, 2.45) is 0 Å². The summed E-state index contributed by atoms with van der Waals surface area (Å²) in [5.41, 5.74) is 2.15. The molecule has 3 rings (SSSR count). The van der Waals surface area contributed by atoms with Crippen LogP contribution in [0.2, 0.25) is 0 Å². The van der Waals surface area contributed by atoms with Crippen molar-refractivity contribution < 1.29 is 5.11 Å². The van der Waals surface area contributed by atoms with Crippen molar-refractivity contribution >= 4 is 37.4 Å². The van der Waals surface area contributed by atoms with Gasteiger partial charge in [0.1, 0.15) is 0 Å². The molecule has 0 bridgehead atoms. The van der Waals surface area contributed by atoms with Gasteiger partial charge in [-0.05, 0) is 34.0 Å². The van der Waals surface area contributed by atoms with Crippen molar-refractivity contribution in [1.82, 2.24) is 0 Å². The summed E-state index contributed by atoms with van der Waals surface area (Å²) < 4.78 is 2.23. The lowest BCUT2D eigenvalue weighted by molar-refractivity contribution is 0.180. The van der Waals surface area contributed by atoms with Gasteiger partial charge in [-0.25, -0.2) is 0 Å². The second-order valence-corrected chi connectivity index (χ2v) is 6.27. The Morgan fingerprint density at radius 2 is 1.89 bits per heavy atom. The van der Waals surface area contributed by atoms with Crippen LogP contribution in [0.5, 0.6) is 0 Å². The Balaban J connectivity index is 1.94. The summed E-state index contributed by atoms with van der Waals surface area (Å²) in [4.78, 5) is 0. The van der Waals surface area contributed by atoms with Crippen LogP contribution in [0.4, 0.5) is 0 Å². The zero-order valence-electron chi connectivity index (χ0n) is 10.2. The Morgan fingerprint density at radius 1 is 1.05 bits per heavy atom. The number of thiophene rings is 1. The maximum atomic E-state index is 10.5. The minimum atomic E-state index is -0.471. The molecule has 1 aromatic heterocycles. The normalized spacial score (nSPS) is 12.7. The van der Waals surface area contributed by atoms with E-state index in [9.17, 15) is 5.11 Å². The first kappa shape index (κ1) is 12.9. The molecular weight excluding hydrogens is 320 g/mol. The van der Waals surface area contributed by atoms with Crippen LogP contribution in [0.15, 0.2) is 58.4 Å². The molecule has 0 amide bonds. The topological polar surface area (TPSA) is 20.2 Å². The van der Waals surface area contributed by atoms with Gasteiger partial charge in [-0.1, -0.05) is 52.3 Å². The third-order valence-corrected chi connectivity index (χ3v) is 4.99. The summed E-state index contributed by atoms with van der Waals surface area (Å²) in [5.74, 6) is 0. The van der Waals surface area contributed by atoms with Crippen LogP contribution in [-0.2, 0) is 6.42 Å². The Hall–Kier alpha value is -1.16. The van der Waals surface area contributed by atoms with Gasteiger partial charge in [0.2, 0.25) is 0 Å². The number of rotatable bonds is 3. The fourth-order valence-electron chi connectivity index (χ4n) is 2.26. The van der Waals surface area contributed by atoms with Gasteiger partial charge < -0.3 is 5.11 Å². The molecule has 1 N–H and O–H groups in total. The van der Waals surface area contributed by atoms with E-state index >= 15 is 0 Å². The average Bonchev–Trinajstić information content (AvgIpc) is 2.89. The minimum Gasteiger partial charge on any atom is -0.388 e. The third kappa shape index (κ3) is 2.59. The standard InChI is InChI=1S/C16H13BrOS/c17-14-7-2-1-4-12(14)10-15(18)13-6-3-5-11-8-9-19-16(11)13/h1-9,15,18H,10H2. The lowest BCUT2D eigenvalue weighted by Crippen LogP contribution is -2.02. The van der Waals surface area contributed by atoms with Gasteiger partial charge in [0.05, 0.1) is 6.10 Å². The van der Waals surface area contributed by atoms with E-state index in [1.807, 2.05) is 36.4 Å². The second-order valence-electron chi connectivity index (χ2n) is 4.50. The number of aliphatic hydroxyl groups excluding tert-OH is 1. The molecule has 0 saturated carbocycles. The molecule has 3 aromatic rings. The number of benzene rings is 2. The molecule has 1 nitrogen and oxygen atoms in total. The molecule has 1 atom stereocenters. The van der Waals surface area contributed by atoms with Crippen LogP contribution >= 0.6 is 27.3 Å². The monoisotopic (exact) mass is 332 g/mol. The summed E-state index contributed by atoms with van der Waals surface area (Å²) in [5, 5.41) is 13.8.